The molecule has 0 bridgehead atoms. The fourth-order valence-electron chi connectivity index (χ4n) is 0.939. The molecule has 3 unspecified atom stereocenters. The van der Waals surface area contributed by atoms with E-state index in [2.05, 4.69) is 26.8 Å². The van der Waals surface area contributed by atoms with Crippen molar-refractivity contribution >= 4 is 9.24 Å². The molecule has 0 spiro atoms. The van der Waals surface area contributed by atoms with E-state index in [0.29, 0.717) is 11.8 Å². The van der Waals surface area contributed by atoms with E-state index in [-0.39, 0.29) is 0 Å². The van der Waals surface area contributed by atoms with E-state index >= 15 is 0 Å². The molecule has 10 heavy (non-hydrogen) atoms. The van der Waals surface area contributed by atoms with E-state index in [1.807, 2.05) is 13.8 Å². The number of hydrogen-bond donors (Lipinski definition) is 2. The van der Waals surface area contributed by atoms with Gasteiger partial charge in [0.2, 0.25) is 0 Å². The summed E-state index contributed by atoms with van der Waals surface area (Å²) in [6, 6.07) is 0.631. The maximum Gasteiger partial charge on any atom is 0.0338 e. The first-order chi connectivity index (χ1) is 4.79. The standard InChI is InChI=1S/C5H13N2P.C2H6/c1-4-2-6-3-5(8)7-4;1-2/h4-7H,2-3,8H2,1H3;1-2H3. The highest BCUT2D eigenvalue weighted by molar-refractivity contribution is 7.17. The zero-order valence-corrected chi connectivity index (χ0v) is 8.30. The molecule has 0 aliphatic carbocycles. The quantitative estimate of drug-likeness (QED) is 0.515. The van der Waals surface area contributed by atoms with E-state index in [4.69, 9.17) is 0 Å². The minimum Gasteiger partial charge on any atom is -0.313 e. The van der Waals surface area contributed by atoms with E-state index in [0.717, 1.165) is 13.1 Å². The molecule has 62 valence electrons. The van der Waals surface area contributed by atoms with Gasteiger partial charge in [0.1, 0.15) is 0 Å². The molecule has 2 nitrogen and oxygen atoms in total. The van der Waals surface area contributed by atoms with Crippen molar-refractivity contribution in [2.45, 2.75) is 32.6 Å². The summed E-state index contributed by atoms with van der Waals surface area (Å²) < 4.78 is 0. The Hall–Kier alpha value is 0.350. The molecular formula is C7H19N2P. The molecule has 1 saturated heterocycles. The maximum absolute atomic E-state index is 3.38. The Balaban J connectivity index is 0.000000371. The molecule has 0 amide bonds. The van der Waals surface area contributed by atoms with Crippen LogP contribution in [0.3, 0.4) is 0 Å². The van der Waals surface area contributed by atoms with Crippen molar-refractivity contribution in [3.8, 4) is 0 Å². The molecule has 0 saturated carbocycles. The smallest absolute Gasteiger partial charge is 0.0338 e. The van der Waals surface area contributed by atoms with Gasteiger partial charge in [0, 0.05) is 24.9 Å². The van der Waals surface area contributed by atoms with Gasteiger partial charge in [0.05, 0.1) is 0 Å². The van der Waals surface area contributed by atoms with Crippen LogP contribution in [0.1, 0.15) is 20.8 Å². The summed E-state index contributed by atoms with van der Waals surface area (Å²) in [4.78, 5) is 0. The summed E-state index contributed by atoms with van der Waals surface area (Å²) >= 11 is 0. The number of rotatable bonds is 0. The van der Waals surface area contributed by atoms with Crippen molar-refractivity contribution < 1.29 is 0 Å². The van der Waals surface area contributed by atoms with Gasteiger partial charge in [-0.15, -0.1) is 9.24 Å². The Morgan fingerprint density at radius 2 is 1.90 bits per heavy atom. The molecule has 0 aromatic carbocycles. The third kappa shape index (κ3) is 4.21. The van der Waals surface area contributed by atoms with Gasteiger partial charge < -0.3 is 10.6 Å². The number of hydrogen-bond acceptors (Lipinski definition) is 2. The zero-order chi connectivity index (χ0) is 7.98. The Morgan fingerprint density at radius 1 is 1.30 bits per heavy atom. The van der Waals surface area contributed by atoms with Gasteiger partial charge in [-0.05, 0) is 6.92 Å². The molecule has 3 heteroatoms. The van der Waals surface area contributed by atoms with Crippen LogP contribution in [0.15, 0.2) is 0 Å². The lowest BCUT2D eigenvalue weighted by Gasteiger charge is -2.26. The Morgan fingerprint density at radius 3 is 2.20 bits per heavy atom. The highest BCUT2D eigenvalue weighted by atomic mass is 31.0. The van der Waals surface area contributed by atoms with Crippen LogP contribution in [0.25, 0.3) is 0 Å². The molecule has 2 N–H and O–H groups in total. The topological polar surface area (TPSA) is 24.1 Å². The van der Waals surface area contributed by atoms with Crippen molar-refractivity contribution in [2.75, 3.05) is 13.1 Å². The van der Waals surface area contributed by atoms with Crippen LogP contribution in [0.5, 0.6) is 0 Å². The van der Waals surface area contributed by atoms with Gasteiger partial charge in [0.15, 0.2) is 0 Å². The van der Waals surface area contributed by atoms with Crippen LogP contribution < -0.4 is 10.6 Å². The van der Waals surface area contributed by atoms with Crippen molar-refractivity contribution in [2.24, 2.45) is 0 Å². The van der Waals surface area contributed by atoms with Crippen molar-refractivity contribution in [3.63, 3.8) is 0 Å². The average Bonchev–Trinajstić information content (AvgIpc) is 1.91. The largest absolute Gasteiger partial charge is 0.313 e. The van der Waals surface area contributed by atoms with Crippen molar-refractivity contribution in [1.82, 2.24) is 10.6 Å². The molecule has 1 aliphatic heterocycles. The summed E-state index contributed by atoms with van der Waals surface area (Å²) in [5, 5.41) is 6.68. The van der Waals surface area contributed by atoms with E-state index in [1.165, 1.54) is 0 Å². The molecule has 0 radical (unpaired) electrons. The Labute approximate surface area is 66.4 Å². The number of piperazine rings is 1. The van der Waals surface area contributed by atoms with Gasteiger partial charge in [-0.3, -0.25) is 0 Å². The monoisotopic (exact) mass is 162 g/mol. The van der Waals surface area contributed by atoms with Crippen LogP contribution >= 0.6 is 9.24 Å². The van der Waals surface area contributed by atoms with Gasteiger partial charge in [-0.1, -0.05) is 13.8 Å². The maximum atomic E-state index is 3.38. The molecule has 0 aromatic heterocycles. The lowest BCUT2D eigenvalue weighted by Crippen LogP contribution is -2.50. The second-order valence-electron chi connectivity index (χ2n) is 2.33. The van der Waals surface area contributed by atoms with Gasteiger partial charge in [0.25, 0.3) is 0 Å². The minimum atomic E-state index is 0.568. The molecule has 1 rings (SSSR count). The normalized spacial score (nSPS) is 32.4. The fourth-order valence-corrected chi connectivity index (χ4v) is 1.43. The van der Waals surface area contributed by atoms with Crippen LogP contribution in [0.4, 0.5) is 0 Å². The predicted octanol–water partition coefficient (Wildman–Crippen LogP) is 0.795. The summed E-state index contributed by atoms with van der Waals surface area (Å²) in [5.41, 5.74) is 0. The summed E-state index contributed by atoms with van der Waals surface area (Å²) in [6.07, 6.45) is 0. The van der Waals surface area contributed by atoms with E-state index in [1.54, 1.807) is 0 Å². The fraction of sp³-hybridized carbons (Fsp3) is 1.00. The van der Waals surface area contributed by atoms with Gasteiger partial charge in [-0.25, -0.2) is 0 Å². The summed E-state index contributed by atoms with van der Waals surface area (Å²) in [7, 11) is 2.76. The minimum absolute atomic E-state index is 0.568. The highest BCUT2D eigenvalue weighted by Crippen LogP contribution is 1.99. The van der Waals surface area contributed by atoms with Crippen LogP contribution in [-0.2, 0) is 0 Å². The Bertz CT molecular complexity index is 70.0. The SMILES string of the molecule is CC.CC1CNCC(P)N1. The second kappa shape index (κ2) is 6.09. The molecule has 1 heterocycles. The van der Waals surface area contributed by atoms with Gasteiger partial charge in [-0.2, -0.15) is 0 Å². The molecule has 3 atom stereocenters. The molecule has 1 fully saturated rings. The van der Waals surface area contributed by atoms with Crippen LogP contribution in [0, 0.1) is 0 Å². The summed E-state index contributed by atoms with van der Waals surface area (Å²) in [6.45, 7) is 8.36. The lowest BCUT2D eigenvalue weighted by atomic mass is 10.3. The number of nitrogens with one attached hydrogen (secondary N) is 2. The molecular weight excluding hydrogens is 143 g/mol. The average molecular weight is 162 g/mol. The van der Waals surface area contributed by atoms with Crippen molar-refractivity contribution in [1.29, 1.82) is 0 Å². The second-order valence-corrected chi connectivity index (χ2v) is 3.14. The zero-order valence-electron chi connectivity index (χ0n) is 7.15. The van der Waals surface area contributed by atoms with E-state index in [9.17, 15) is 0 Å². The third-order valence-electron chi connectivity index (χ3n) is 1.31. The van der Waals surface area contributed by atoms with E-state index < -0.39 is 0 Å². The summed E-state index contributed by atoms with van der Waals surface area (Å²) in [5.74, 6) is 0.568. The highest BCUT2D eigenvalue weighted by Gasteiger charge is 2.11. The third-order valence-corrected chi connectivity index (χ3v) is 1.74. The predicted molar refractivity (Wildman–Crippen MR) is 50.3 cm³/mol. The first-order valence-corrected chi connectivity index (χ1v) is 4.68. The molecule has 0 aromatic rings. The van der Waals surface area contributed by atoms with Crippen LogP contribution in [-0.4, -0.2) is 24.9 Å². The first-order valence-electron chi connectivity index (χ1n) is 4.01. The molecule has 1 aliphatic rings. The Kier molecular flexibility index (Phi) is 6.30. The van der Waals surface area contributed by atoms with Crippen molar-refractivity contribution in [3.05, 3.63) is 0 Å². The first kappa shape index (κ1) is 10.3. The van der Waals surface area contributed by atoms with Crippen LogP contribution in [0.2, 0.25) is 0 Å². The lowest BCUT2D eigenvalue weighted by molar-refractivity contribution is 0.420. The van der Waals surface area contributed by atoms with Gasteiger partial charge >= 0.3 is 0 Å².